The number of H-pyrrole nitrogens is 1. The minimum atomic E-state index is -0.0616. The number of hydrogen-bond donors (Lipinski definition) is 1. The van der Waals surface area contributed by atoms with E-state index in [4.69, 9.17) is 9.72 Å². The number of ether oxygens (including phenoxy) is 1. The lowest BCUT2D eigenvalue weighted by Crippen LogP contribution is -2.12. The van der Waals surface area contributed by atoms with Crippen LogP contribution in [0.3, 0.4) is 0 Å². The molecule has 0 saturated carbocycles. The van der Waals surface area contributed by atoms with E-state index >= 15 is 0 Å². The van der Waals surface area contributed by atoms with Gasteiger partial charge in [0.2, 0.25) is 0 Å². The minimum Gasteiger partial charge on any atom is -0.497 e. The molecule has 1 N–H and O–H groups in total. The van der Waals surface area contributed by atoms with Gasteiger partial charge in [-0.05, 0) is 36.1 Å². The van der Waals surface area contributed by atoms with Gasteiger partial charge >= 0.3 is 0 Å². The lowest BCUT2D eigenvalue weighted by Gasteiger charge is -2.11. The fourth-order valence-corrected chi connectivity index (χ4v) is 5.49. The number of fused-ring (bicyclic) bond motifs is 1. The Hall–Kier alpha value is -2.09. The van der Waals surface area contributed by atoms with Crippen LogP contribution in [0.15, 0.2) is 52.0 Å². The zero-order valence-corrected chi connectivity index (χ0v) is 17.3. The topological polar surface area (TPSA) is 55.0 Å². The molecule has 0 radical (unpaired) electrons. The third-order valence-electron chi connectivity index (χ3n) is 4.27. The molecule has 1 aromatic carbocycles. The Labute approximate surface area is 169 Å². The summed E-state index contributed by atoms with van der Waals surface area (Å²) >= 11 is 4.90. The van der Waals surface area contributed by atoms with Crippen molar-refractivity contribution in [2.45, 2.75) is 17.9 Å². The van der Waals surface area contributed by atoms with E-state index in [0.29, 0.717) is 5.39 Å². The average Bonchev–Trinajstić information content (AvgIpc) is 3.35. The molecule has 0 amide bonds. The number of thiophene rings is 2. The Morgan fingerprint density at radius 2 is 2.15 bits per heavy atom. The zero-order chi connectivity index (χ0) is 18.8. The zero-order valence-electron chi connectivity index (χ0n) is 14.9. The molecule has 0 unspecified atom stereocenters. The van der Waals surface area contributed by atoms with Crippen molar-refractivity contribution in [3.8, 4) is 16.2 Å². The van der Waals surface area contributed by atoms with Crippen LogP contribution in [0.4, 0.5) is 0 Å². The molecule has 0 aliphatic heterocycles. The predicted octanol–water partition coefficient (Wildman–Crippen LogP) is 5.72. The monoisotopic (exact) mass is 414 g/mol. The van der Waals surface area contributed by atoms with E-state index in [2.05, 4.69) is 18.0 Å². The number of benzene rings is 1. The fourth-order valence-electron chi connectivity index (χ4n) is 2.83. The molecule has 0 saturated heterocycles. The van der Waals surface area contributed by atoms with E-state index in [1.165, 1.54) is 16.9 Å². The molecule has 27 heavy (non-hydrogen) atoms. The van der Waals surface area contributed by atoms with E-state index < -0.39 is 0 Å². The molecule has 0 spiro atoms. The molecule has 1 atom stereocenters. The largest absolute Gasteiger partial charge is 0.497 e. The SMILES string of the molecule is COc1cccc(CS[C@@H](C)c2nc3scc(-c4cccs4)c3c(=O)[nH]2)c1. The first-order valence-corrected chi connectivity index (χ1v) is 11.3. The molecule has 0 aliphatic carbocycles. The number of methoxy groups -OCH3 is 1. The molecule has 7 heteroatoms. The second-order valence-corrected chi connectivity index (χ2v) is 9.20. The van der Waals surface area contributed by atoms with Gasteiger partial charge in [-0.3, -0.25) is 4.79 Å². The fraction of sp³-hybridized carbons (Fsp3) is 0.200. The number of hydrogen-bond acceptors (Lipinski definition) is 6. The number of nitrogens with one attached hydrogen (secondary N) is 1. The van der Waals surface area contributed by atoms with Crippen molar-refractivity contribution in [1.29, 1.82) is 0 Å². The summed E-state index contributed by atoms with van der Waals surface area (Å²) in [4.78, 5) is 22.4. The molecule has 4 aromatic rings. The first kappa shape index (κ1) is 18.3. The third-order valence-corrected chi connectivity index (χ3v) is 7.27. The summed E-state index contributed by atoms with van der Waals surface area (Å²) in [6.45, 7) is 2.07. The Morgan fingerprint density at radius 1 is 1.26 bits per heavy atom. The van der Waals surface area contributed by atoms with Crippen LogP contribution in [0, 0.1) is 0 Å². The maximum atomic E-state index is 12.7. The number of thioether (sulfide) groups is 1. The summed E-state index contributed by atoms with van der Waals surface area (Å²) in [6.07, 6.45) is 0. The molecule has 0 aliphatic rings. The Bertz CT molecular complexity index is 1120. The van der Waals surface area contributed by atoms with E-state index in [1.807, 2.05) is 41.1 Å². The molecule has 4 nitrogen and oxygen atoms in total. The van der Waals surface area contributed by atoms with E-state index in [-0.39, 0.29) is 10.8 Å². The predicted molar refractivity (Wildman–Crippen MR) is 116 cm³/mol. The van der Waals surface area contributed by atoms with Gasteiger partial charge < -0.3 is 9.72 Å². The maximum Gasteiger partial charge on any atom is 0.260 e. The van der Waals surface area contributed by atoms with Crippen LogP contribution in [0.25, 0.3) is 20.7 Å². The first-order chi connectivity index (χ1) is 13.2. The van der Waals surface area contributed by atoms with Gasteiger partial charge in [0, 0.05) is 21.6 Å². The average molecular weight is 415 g/mol. The van der Waals surface area contributed by atoms with Gasteiger partial charge in [-0.15, -0.1) is 34.4 Å². The highest BCUT2D eigenvalue weighted by Gasteiger charge is 2.16. The number of nitrogens with zero attached hydrogens (tertiary/aromatic N) is 1. The van der Waals surface area contributed by atoms with Gasteiger partial charge in [-0.1, -0.05) is 18.2 Å². The first-order valence-electron chi connectivity index (χ1n) is 8.45. The number of rotatable bonds is 6. The smallest absolute Gasteiger partial charge is 0.260 e. The van der Waals surface area contributed by atoms with E-state index in [1.54, 1.807) is 30.2 Å². The molecule has 138 valence electrons. The second-order valence-electron chi connectivity index (χ2n) is 6.06. The van der Waals surface area contributed by atoms with Crippen molar-refractivity contribution < 1.29 is 4.74 Å². The number of aromatic amines is 1. The summed E-state index contributed by atoms with van der Waals surface area (Å²) in [6, 6.07) is 12.1. The van der Waals surface area contributed by atoms with Crippen molar-refractivity contribution in [3.63, 3.8) is 0 Å². The summed E-state index contributed by atoms with van der Waals surface area (Å²) in [5.41, 5.74) is 2.10. The van der Waals surface area contributed by atoms with Crippen LogP contribution in [-0.4, -0.2) is 17.1 Å². The summed E-state index contributed by atoms with van der Waals surface area (Å²) in [5.74, 6) is 2.40. The van der Waals surface area contributed by atoms with E-state index in [9.17, 15) is 4.79 Å². The second kappa shape index (κ2) is 7.88. The standard InChI is InChI=1S/C20H18N2O2S3/c1-12(26-10-13-5-3-6-14(9-13)24-2)18-21-19(23)17-15(11-27-20(17)22-18)16-7-4-8-25-16/h3-9,11-12H,10H2,1-2H3,(H,21,22,23)/t12-/m0/s1. The summed E-state index contributed by atoms with van der Waals surface area (Å²) in [7, 11) is 1.67. The van der Waals surface area contributed by atoms with Gasteiger partial charge in [0.05, 0.1) is 17.7 Å². The lowest BCUT2D eigenvalue weighted by atomic mass is 10.2. The molecular weight excluding hydrogens is 396 g/mol. The normalized spacial score (nSPS) is 12.4. The van der Waals surface area contributed by atoms with Crippen LogP contribution >= 0.6 is 34.4 Å². The maximum absolute atomic E-state index is 12.7. The van der Waals surface area contributed by atoms with Crippen LogP contribution in [-0.2, 0) is 5.75 Å². The number of aromatic nitrogens is 2. The highest BCUT2D eigenvalue weighted by molar-refractivity contribution is 7.98. The molecule has 3 heterocycles. The van der Waals surface area contributed by atoms with Crippen molar-refractivity contribution >= 4 is 44.7 Å². The van der Waals surface area contributed by atoms with Gasteiger partial charge in [0.15, 0.2) is 0 Å². The van der Waals surface area contributed by atoms with Crippen LogP contribution < -0.4 is 10.3 Å². The highest BCUT2D eigenvalue weighted by Crippen LogP contribution is 2.35. The van der Waals surface area contributed by atoms with Gasteiger partial charge in [-0.2, -0.15) is 0 Å². The van der Waals surface area contributed by atoms with Crippen molar-refractivity contribution in [3.05, 3.63) is 68.9 Å². The summed E-state index contributed by atoms with van der Waals surface area (Å²) < 4.78 is 5.28. The summed E-state index contributed by atoms with van der Waals surface area (Å²) in [5, 5.41) is 4.82. The Morgan fingerprint density at radius 3 is 2.93 bits per heavy atom. The van der Waals surface area contributed by atoms with Gasteiger partial charge in [0.25, 0.3) is 5.56 Å². The molecule has 0 fully saturated rings. The van der Waals surface area contributed by atoms with Gasteiger partial charge in [-0.25, -0.2) is 4.98 Å². The minimum absolute atomic E-state index is 0.0616. The Balaban J connectivity index is 1.57. The van der Waals surface area contributed by atoms with Crippen LogP contribution in [0.5, 0.6) is 5.75 Å². The molecule has 0 bridgehead atoms. The van der Waals surface area contributed by atoms with Crippen LogP contribution in [0.1, 0.15) is 23.6 Å². The van der Waals surface area contributed by atoms with Crippen molar-refractivity contribution in [2.24, 2.45) is 0 Å². The molecule has 4 rings (SSSR count). The Kier molecular flexibility index (Phi) is 5.33. The molecular formula is C20H18N2O2S3. The van der Waals surface area contributed by atoms with Crippen LogP contribution in [0.2, 0.25) is 0 Å². The molecule has 3 aromatic heterocycles. The van der Waals surface area contributed by atoms with Gasteiger partial charge in [0.1, 0.15) is 16.4 Å². The van der Waals surface area contributed by atoms with Crippen molar-refractivity contribution in [1.82, 2.24) is 9.97 Å². The highest BCUT2D eigenvalue weighted by atomic mass is 32.2. The lowest BCUT2D eigenvalue weighted by molar-refractivity contribution is 0.414. The van der Waals surface area contributed by atoms with E-state index in [0.717, 1.165) is 32.6 Å². The quantitative estimate of drug-likeness (QED) is 0.439. The van der Waals surface area contributed by atoms with Crippen molar-refractivity contribution in [2.75, 3.05) is 7.11 Å². The third kappa shape index (κ3) is 3.81.